The van der Waals surface area contributed by atoms with Crippen molar-refractivity contribution in [1.82, 2.24) is 14.8 Å². The number of nitrogens with zero attached hydrogens (tertiary/aromatic N) is 2. The maximum absolute atomic E-state index is 13.0. The van der Waals surface area contributed by atoms with Crippen molar-refractivity contribution in [2.24, 2.45) is 7.05 Å². The molecule has 0 spiro atoms. The summed E-state index contributed by atoms with van der Waals surface area (Å²) in [6.45, 7) is 4.25. The van der Waals surface area contributed by atoms with Crippen LogP contribution in [0.1, 0.15) is 46.7 Å². The number of aliphatic hydroxyl groups is 1. The number of urea groups is 1. The van der Waals surface area contributed by atoms with Crippen molar-refractivity contribution in [3.63, 3.8) is 0 Å². The maximum Gasteiger partial charge on any atom is 0.319 e. The van der Waals surface area contributed by atoms with E-state index in [2.05, 4.69) is 20.9 Å². The Kier molecular flexibility index (Phi) is 9.13. The minimum atomic E-state index is -0.461. The fraction of sp³-hybridized carbons (Fsp3) is 0.387. The van der Waals surface area contributed by atoms with Gasteiger partial charge >= 0.3 is 6.03 Å². The Labute approximate surface area is 239 Å². The third-order valence-corrected chi connectivity index (χ3v) is 7.59. The molecule has 41 heavy (non-hydrogen) atoms. The van der Waals surface area contributed by atoms with E-state index >= 15 is 0 Å². The van der Waals surface area contributed by atoms with Crippen molar-refractivity contribution in [3.8, 4) is 11.1 Å². The largest absolute Gasteiger partial charge is 0.392 e. The Morgan fingerprint density at radius 1 is 1.02 bits per heavy atom. The number of carbonyl (C=O) groups is 2. The molecule has 1 aromatic heterocycles. The number of pyridine rings is 1. The number of benzene rings is 2. The molecule has 2 fully saturated rings. The van der Waals surface area contributed by atoms with E-state index < -0.39 is 6.03 Å². The van der Waals surface area contributed by atoms with Gasteiger partial charge in [-0.25, -0.2) is 4.79 Å². The molecule has 0 radical (unpaired) electrons. The molecular weight excluding hydrogens is 522 g/mol. The van der Waals surface area contributed by atoms with Gasteiger partial charge in [-0.15, -0.1) is 0 Å². The van der Waals surface area contributed by atoms with Crippen LogP contribution in [0, 0.1) is 0 Å². The summed E-state index contributed by atoms with van der Waals surface area (Å²) in [6, 6.07) is 14.1. The summed E-state index contributed by atoms with van der Waals surface area (Å²) >= 11 is 0. The van der Waals surface area contributed by atoms with Crippen LogP contribution in [0.15, 0.2) is 59.5 Å². The fourth-order valence-electron chi connectivity index (χ4n) is 5.11. The molecule has 2 aromatic carbocycles. The molecule has 0 unspecified atom stereocenters. The first-order chi connectivity index (χ1) is 19.9. The predicted molar refractivity (Wildman–Crippen MR) is 158 cm³/mol. The number of hydrogen-bond donors (Lipinski definition) is 4. The average molecular weight is 560 g/mol. The summed E-state index contributed by atoms with van der Waals surface area (Å²) < 4.78 is 6.74. The van der Waals surface area contributed by atoms with E-state index in [-0.39, 0.29) is 23.8 Å². The van der Waals surface area contributed by atoms with E-state index in [1.54, 1.807) is 37.5 Å². The van der Waals surface area contributed by atoms with Gasteiger partial charge in [0.2, 0.25) is 0 Å². The Morgan fingerprint density at radius 2 is 1.78 bits per heavy atom. The lowest BCUT2D eigenvalue weighted by Gasteiger charge is -2.26. The van der Waals surface area contributed by atoms with Gasteiger partial charge in [-0.3, -0.25) is 14.5 Å². The Balaban J connectivity index is 1.27. The molecule has 3 amide bonds. The number of rotatable bonds is 10. The van der Waals surface area contributed by atoms with Gasteiger partial charge in [0.25, 0.3) is 11.5 Å². The lowest BCUT2D eigenvalue weighted by atomic mass is 9.99. The van der Waals surface area contributed by atoms with Crippen LogP contribution in [-0.4, -0.2) is 65.9 Å². The fourth-order valence-corrected chi connectivity index (χ4v) is 5.11. The van der Waals surface area contributed by atoms with E-state index in [9.17, 15) is 19.5 Å². The molecule has 2 heterocycles. The molecule has 10 nitrogen and oxygen atoms in total. The first kappa shape index (κ1) is 28.5. The van der Waals surface area contributed by atoms with Gasteiger partial charge in [0.1, 0.15) is 5.69 Å². The third kappa shape index (κ3) is 7.21. The number of hydrogen-bond acceptors (Lipinski definition) is 6. The number of aromatic nitrogens is 1. The second kappa shape index (κ2) is 13.1. The molecule has 2 aliphatic rings. The zero-order chi connectivity index (χ0) is 28.8. The highest BCUT2D eigenvalue weighted by Crippen LogP contribution is 2.40. The minimum absolute atomic E-state index is 0.116. The van der Waals surface area contributed by atoms with Gasteiger partial charge in [-0.05, 0) is 67.1 Å². The first-order valence-electron chi connectivity index (χ1n) is 14.1. The number of carbonyl (C=O) groups excluding carboxylic acids is 2. The molecule has 0 bridgehead atoms. The molecular formula is C31H37N5O5. The third-order valence-electron chi connectivity index (χ3n) is 7.59. The van der Waals surface area contributed by atoms with E-state index in [1.807, 2.05) is 24.3 Å². The Hall–Kier alpha value is -3.99. The lowest BCUT2D eigenvalue weighted by Crippen LogP contribution is -2.39. The molecule has 1 aliphatic heterocycles. The number of aliphatic hydroxyl groups excluding tert-OH is 1. The van der Waals surface area contributed by atoms with Crippen molar-refractivity contribution < 1.29 is 19.4 Å². The number of aryl methyl sites for hydroxylation is 1. The van der Waals surface area contributed by atoms with Crippen molar-refractivity contribution in [2.75, 3.05) is 50.0 Å². The smallest absolute Gasteiger partial charge is 0.319 e. The summed E-state index contributed by atoms with van der Waals surface area (Å²) in [5.41, 5.74) is 3.78. The number of morpholine rings is 1. The van der Waals surface area contributed by atoms with Gasteiger partial charge in [0.05, 0.1) is 19.8 Å². The monoisotopic (exact) mass is 559 g/mol. The zero-order valence-corrected chi connectivity index (χ0v) is 23.3. The number of anilines is 2. The van der Waals surface area contributed by atoms with E-state index in [0.29, 0.717) is 40.4 Å². The van der Waals surface area contributed by atoms with Crippen LogP contribution >= 0.6 is 0 Å². The topological polar surface area (TPSA) is 125 Å². The van der Waals surface area contributed by atoms with Crippen molar-refractivity contribution >= 4 is 23.3 Å². The summed E-state index contributed by atoms with van der Waals surface area (Å²) in [6.07, 6.45) is 4.82. The Bertz CT molecular complexity index is 1440. The summed E-state index contributed by atoms with van der Waals surface area (Å²) in [4.78, 5) is 40.7. The number of nitrogens with one attached hydrogen (secondary N) is 3. The number of amides is 3. The van der Waals surface area contributed by atoms with Crippen molar-refractivity contribution in [1.29, 1.82) is 0 Å². The van der Waals surface area contributed by atoms with Crippen molar-refractivity contribution in [2.45, 2.75) is 31.8 Å². The van der Waals surface area contributed by atoms with Crippen LogP contribution < -0.4 is 21.5 Å². The molecule has 1 saturated carbocycles. The van der Waals surface area contributed by atoms with Crippen LogP contribution in [0.25, 0.3) is 11.1 Å². The molecule has 5 rings (SSSR count). The minimum Gasteiger partial charge on any atom is -0.392 e. The highest BCUT2D eigenvalue weighted by atomic mass is 16.5. The lowest BCUT2D eigenvalue weighted by molar-refractivity contribution is 0.0375. The molecule has 3 aromatic rings. The van der Waals surface area contributed by atoms with Gasteiger partial charge < -0.3 is 30.4 Å². The first-order valence-corrected chi connectivity index (χ1v) is 14.1. The zero-order valence-electron chi connectivity index (χ0n) is 23.3. The summed E-state index contributed by atoms with van der Waals surface area (Å²) in [5.74, 6) is 0.338. The average Bonchev–Trinajstić information content (AvgIpc) is 3.84. The quantitative estimate of drug-likeness (QED) is 0.282. The molecule has 10 heteroatoms. The van der Waals surface area contributed by atoms with Gasteiger partial charge in [-0.1, -0.05) is 24.3 Å². The van der Waals surface area contributed by atoms with E-state index in [4.69, 9.17) is 4.74 Å². The highest BCUT2D eigenvalue weighted by molar-refractivity contribution is 6.05. The highest BCUT2D eigenvalue weighted by Gasteiger charge is 2.23. The molecule has 4 N–H and O–H groups in total. The van der Waals surface area contributed by atoms with E-state index in [1.165, 1.54) is 23.0 Å². The van der Waals surface area contributed by atoms with Crippen molar-refractivity contribution in [3.05, 3.63) is 81.8 Å². The molecule has 1 saturated heterocycles. The van der Waals surface area contributed by atoms with Crippen LogP contribution in [0.3, 0.4) is 0 Å². The van der Waals surface area contributed by atoms with Gasteiger partial charge in [-0.2, -0.15) is 0 Å². The summed E-state index contributed by atoms with van der Waals surface area (Å²) in [7, 11) is 1.60. The second-order valence-electron chi connectivity index (χ2n) is 10.6. The maximum atomic E-state index is 13.0. The molecule has 1 aliphatic carbocycles. The van der Waals surface area contributed by atoms with Crippen LogP contribution in [0.5, 0.6) is 0 Å². The van der Waals surface area contributed by atoms with E-state index in [0.717, 1.165) is 39.3 Å². The normalized spacial score (nSPS) is 15.4. The van der Waals surface area contributed by atoms with Gasteiger partial charge in [0, 0.05) is 55.3 Å². The van der Waals surface area contributed by atoms with Gasteiger partial charge in [0.15, 0.2) is 0 Å². The van der Waals surface area contributed by atoms with Crippen LogP contribution in [-0.2, 0) is 18.4 Å². The molecule has 216 valence electrons. The van der Waals surface area contributed by atoms with Crippen LogP contribution in [0.4, 0.5) is 16.2 Å². The molecule has 0 atom stereocenters. The Morgan fingerprint density at radius 3 is 2.49 bits per heavy atom. The predicted octanol–water partition coefficient (Wildman–Crippen LogP) is 3.52. The van der Waals surface area contributed by atoms with Crippen LogP contribution in [0.2, 0.25) is 0 Å². The summed E-state index contributed by atoms with van der Waals surface area (Å²) in [5, 5.41) is 18.7. The number of ether oxygens (including phenoxy) is 1. The second-order valence-corrected chi connectivity index (χ2v) is 10.6. The SMILES string of the molecule is Cn1cc(-c2cccc(NC(=O)c3ccc(C4CC4)cc3)c2CO)cc(NC(=O)NCCCN2CCOCC2)c1=O. The standard InChI is InChI=1S/C31H37N5O5/c1-35-19-24(18-28(30(35)39)34-31(40)32-12-3-13-36-14-16-41-17-15-36)25-4-2-5-27(26(25)20-37)33-29(38)23-10-8-22(9-11-23)21-6-7-21/h2,4-5,8-11,18-19,21,37H,3,6-7,12-17,20H2,1H3,(H,33,38)(H2,32,34,40).